The smallest absolute Gasteiger partial charge is 0.324 e. The number of nitrogens with one attached hydrogen (secondary N) is 4. The molecule has 12 rings (SSSR count). The standard InChI is InChI=1S/2C28H22F3N7O.2C7H8O3S.CH4/c2*1-17-5-6-19(10-25(17)37-27-33-9-7-24(36-27)20-4-3-8-32-14-20)26(39)35-22-11-21(28(29,30)31)12-23(13-22)38-15-18(2)34-16-38;2*1-6-2-4-7(5-3-6)11(8,9)10;/h2*3-16H,1-2H3,(H,35,39)(H,33,36,37);2*2-5H,1H3,(H,8,9,10);1H4. The zero-order valence-corrected chi connectivity index (χ0v) is 55.3. The number of imidazole rings is 2. The highest BCUT2D eigenvalue weighted by Crippen LogP contribution is 2.36. The Hall–Kier alpha value is -11.9. The Kier molecular flexibility index (Phi) is 23.9. The first-order valence-corrected chi connectivity index (χ1v) is 32.6. The number of aromatic nitrogens is 10. The van der Waals surface area contributed by atoms with Crippen molar-refractivity contribution < 1.29 is 61.9 Å². The second kappa shape index (κ2) is 32.2. The van der Waals surface area contributed by atoms with E-state index in [1.54, 1.807) is 148 Å². The molecular formula is C71H64F6N14O8S2. The second-order valence-corrected chi connectivity index (χ2v) is 25.0. The normalized spacial score (nSPS) is 11.2. The molecule has 0 saturated carbocycles. The summed E-state index contributed by atoms with van der Waals surface area (Å²) in [6.45, 7) is 10.8. The van der Waals surface area contributed by atoms with Gasteiger partial charge >= 0.3 is 12.4 Å². The molecule has 6 aromatic carbocycles. The number of benzene rings is 6. The molecule has 0 unspecified atom stereocenters. The van der Waals surface area contributed by atoms with Crippen molar-refractivity contribution in [2.45, 2.75) is 71.1 Å². The summed E-state index contributed by atoms with van der Waals surface area (Å²) in [7, 11) is -8.04. The molecule has 6 N–H and O–H groups in total. The van der Waals surface area contributed by atoms with Crippen LogP contribution in [0.4, 0.5) is 61.0 Å². The largest absolute Gasteiger partial charge is 0.416 e. The van der Waals surface area contributed by atoms with Crippen molar-refractivity contribution in [3.63, 3.8) is 0 Å². The van der Waals surface area contributed by atoms with E-state index in [2.05, 4.69) is 61.1 Å². The van der Waals surface area contributed by atoms with Gasteiger partial charge in [0.25, 0.3) is 32.1 Å². The number of amides is 2. The van der Waals surface area contributed by atoms with E-state index in [1.807, 2.05) is 39.8 Å². The molecule has 0 fully saturated rings. The number of hydrogen-bond donors (Lipinski definition) is 6. The predicted octanol–water partition coefficient (Wildman–Crippen LogP) is 15.8. The molecule has 6 aromatic heterocycles. The summed E-state index contributed by atoms with van der Waals surface area (Å²) in [6.07, 6.45) is 6.77. The van der Waals surface area contributed by atoms with Crippen molar-refractivity contribution >= 4 is 66.7 Å². The van der Waals surface area contributed by atoms with E-state index >= 15 is 0 Å². The average Bonchev–Trinajstić information content (AvgIpc) is 1.80. The Balaban J connectivity index is 0.000000196. The summed E-state index contributed by atoms with van der Waals surface area (Å²) in [6, 6.07) is 39.4. The SMILES string of the molecule is C.Cc1ccc(S(=O)(=O)O)cc1.Cc1ccc(S(=O)(=O)O)cc1.Cc1cn(-c2cc(NC(=O)c3ccc(C)c(Nc4nccc(-c5cccnc5)n4)c3)cc(C(F)(F)F)c2)cn1.Cc1cn(-c2cc(NC(=O)c3ccc(C)c(Nc4nccc(-c5cccnc5)n4)c3)cc(C(F)(F)F)c2)cn1. The van der Waals surface area contributed by atoms with E-state index in [0.29, 0.717) is 46.0 Å². The lowest BCUT2D eigenvalue weighted by atomic mass is 10.1. The van der Waals surface area contributed by atoms with Crippen LogP contribution in [0.3, 0.4) is 0 Å². The Morgan fingerprint density at radius 3 is 1.15 bits per heavy atom. The van der Waals surface area contributed by atoms with Gasteiger partial charge in [-0.05, 0) is 174 Å². The molecule has 0 atom stereocenters. The molecule has 0 bridgehead atoms. The van der Waals surface area contributed by atoms with Crippen LogP contribution in [0.5, 0.6) is 0 Å². The Bertz CT molecular complexity index is 4810. The van der Waals surface area contributed by atoms with Gasteiger partial charge in [-0.15, -0.1) is 0 Å². The van der Waals surface area contributed by atoms with E-state index in [-0.39, 0.29) is 51.1 Å². The number of nitrogens with zero attached hydrogens (tertiary/aromatic N) is 10. The molecule has 6 heterocycles. The Morgan fingerprint density at radius 1 is 0.455 bits per heavy atom. The lowest BCUT2D eigenvalue weighted by Crippen LogP contribution is -2.14. The van der Waals surface area contributed by atoms with Crippen molar-refractivity contribution in [3.8, 4) is 33.9 Å². The van der Waals surface area contributed by atoms with E-state index in [0.717, 1.165) is 57.6 Å². The lowest BCUT2D eigenvalue weighted by Gasteiger charge is -2.14. The van der Waals surface area contributed by atoms with Crippen molar-refractivity contribution in [1.29, 1.82) is 0 Å². The first-order chi connectivity index (χ1) is 47.3. The third-order valence-electron chi connectivity index (χ3n) is 14.4. The number of aryl methyl sites for hydroxylation is 6. The van der Waals surface area contributed by atoms with Crippen LogP contribution in [-0.4, -0.2) is 86.8 Å². The maximum atomic E-state index is 13.6. The number of anilines is 6. The van der Waals surface area contributed by atoms with Gasteiger partial charge in [-0.3, -0.25) is 28.7 Å². The topological polar surface area (TPSA) is 304 Å². The number of halogens is 6. The van der Waals surface area contributed by atoms with Gasteiger partial charge in [-0.2, -0.15) is 43.2 Å². The molecule has 520 valence electrons. The van der Waals surface area contributed by atoms with E-state index in [4.69, 9.17) is 9.11 Å². The predicted molar refractivity (Wildman–Crippen MR) is 371 cm³/mol. The molecule has 12 aromatic rings. The van der Waals surface area contributed by atoms with Gasteiger partial charge in [0.15, 0.2) is 0 Å². The summed E-state index contributed by atoms with van der Waals surface area (Å²) < 4.78 is 144. The fourth-order valence-corrected chi connectivity index (χ4v) is 10.1. The maximum absolute atomic E-state index is 13.6. The van der Waals surface area contributed by atoms with E-state index in [9.17, 15) is 52.8 Å². The third kappa shape index (κ3) is 21.1. The Morgan fingerprint density at radius 2 is 0.832 bits per heavy atom. The average molecular weight is 1420 g/mol. The number of rotatable bonds is 14. The highest BCUT2D eigenvalue weighted by atomic mass is 32.2. The van der Waals surface area contributed by atoms with Crippen LogP contribution < -0.4 is 21.3 Å². The van der Waals surface area contributed by atoms with Crippen LogP contribution in [0.2, 0.25) is 0 Å². The van der Waals surface area contributed by atoms with Gasteiger partial charge in [-0.25, -0.2) is 29.9 Å². The van der Waals surface area contributed by atoms with Crippen molar-refractivity contribution in [2.75, 3.05) is 21.3 Å². The van der Waals surface area contributed by atoms with Gasteiger partial charge in [0, 0.05) is 106 Å². The van der Waals surface area contributed by atoms with Crippen LogP contribution in [0.15, 0.2) is 230 Å². The molecular weight excluding hydrogens is 1350 g/mol. The highest BCUT2D eigenvalue weighted by Gasteiger charge is 2.33. The van der Waals surface area contributed by atoms with Gasteiger partial charge < -0.3 is 30.4 Å². The lowest BCUT2D eigenvalue weighted by molar-refractivity contribution is -0.138. The number of carbonyl (C=O) groups excluding carboxylic acids is 2. The van der Waals surface area contributed by atoms with E-state index < -0.39 is 55.5 Å². The Labute approximate surface area is 576 Å². The molecule has 0 spiro atoms. The molecule has 2 amide bonds. The third-order valence-corrected chi connectivity index (χ3v) is 16.1. The monoisotopic (exact) mass is 1420 g/mol. The quantitative estimate of drug-likeness (QED) is 0.0435. The van der Waals surface area contributed by atoms with Crippen molar-refractivity contribution in [1.82, 2.24) is 49.0 Å². The summed E-state index contributed by atoms with van der Waals surface area (Å²) in [5.41, 5.74) is 8.10. The fraction of sp³-hybridized carbons (Fsp3) is 0.127. The van der Waals surface area contributed by atoms with E-state index in [1.165, 1.54) is 58.2 Å². The minimum atomic E-state index is -4.60. The van der Waals surface area contributed by atoms with Gasteiger partial charge in [0.05, 0.1) is 56.3 Å². The van der Waals surface area contributed by atoms with Crippen molar-refractivity contribution in [3.05, 3.63) is 276 Å². The molecule has 0 aliphatic heterocycles. The molecule has 101 heavy (non-hydrogen) atoms. The van der Waals surface area contributed by atoms with Gasteiger partial charge in [0.2, 0.25) is 11.9 Å². The highest BCUT2D eigenvalue weighted by molar-refractivity contribution is 7.86. The van der Waals surface area contributed by atoms with Crippen LogP contribution in [0.25, 0.3) is 33.9 Å². The zero-order chi connectivity index (χ0) is 72.1. The first kappa shape index (κ1) is 74.9. The number of pyridine rings is 2. The summed E-state index contributed by atoms with van der Waals surface area (Å²) in [5, 5.41) is 11.4. The number of alkyl halides is 6. The molecule has 0 aliphatic carbocycles. The molecule has 0 radical (unpaired) electrons. The zero-order valence-electron chi connectivity index (χ0n) is 53.7. The van der Waals surface area contributed by atoms with Gasteiger partial charge in [-0.1, -0.05) is 55.0 Å². The van der Waals surface area contributed by atoms with Crippen LogP contribution in [0, 0.1) is 41.5 Å². The molecule has 0 saturated heterocycles. The first-order valence-electron chi connectivity index (χ1n) is 29.7. The maximum Gasteiger partial charge on any atom is 0.416 e. The minimum absolute atomic E-state index is 0. The summed E-state index contributed by atoms with van der Waals surface area (Å²) in [4.78, 5) is 60.0. The summed E-state index contributed by atoms with van der Waals surface area (Å²) >= 11 is 0. The molecule has 0 aliphatic rings. The minimum Gasteiger partial charge on any atom is -0.324 e. The fourth-order valence-electron chi connectivity index (χ4n) is 9.17. The summed E-state index contributed by atoms with van der Waals surface area (Å²) in [5.74, 6) is -0.518. The van der Waals surface area contributed by atoms with Crippen LogP contribution >= 0.6 is 0 Å². The molecule has 30 heteroatoms. The second-order valence-electron chi connectivity index (χ2n) is 22.2. The van der Waals surface area contributed by atoms with Gasteiger partial charge in [0.1, 0.15) is 0 Å². The van der Waals surface area contributed by atoms with Crippen LogP contribution in [0.1, 0.15) is 72.9 Å². The molecule has 22 nitrogen and oxygen atoms in total. The number of carbonyl (C=O) groups is 2. The number of hydrogen-bond acceptors (Lipinski definition) is 16. The van der Waals surface area contributed by atoms with Crippen LogP contribution in [-0.2, 0) is 32.6 Å². The van der Waals surface area contributed by atoms with Crippen molar-refractivity contribution in [2.24, 2.45) is 0 Å².